The number of nitrogens with zero attached hydrogens (tertiary/aromatic N) is 2. The van der Waals surface area contributed by atoms with Gasteiger partial charge in [0.1, 0.15) is 6.61 Å². The van der Waals surface area contributed by atoms with E-state index in [9.17, 15) is 13.2 Å². The maximum Gasteiger partial charge on any atom is 0.377 e. The van der Waals surface area contributed by atoms with Crippen LogP contribution in [-0.4, -0.2) is 43.5 Å². The first-order chi connectivity index (χ1) is 10.4. The summed E-state index contributed by atoms with van der Waals surface area (Å²) in [5.41, 5.74) is 0.969. The van der Waals surface area contributed by atoms with E-state index in [0.29, 0.717) is 13.1 Å². The molecular weight excluding hydrogens is 308 g/mol. The van der Waals surface area contributed by atoms with Gasteiger partial charge < -0.3 is 9.64 Å². The van der Waals surface area contributed by atoms with E-state index in [4.69, 9.17) is 4.74 Å². The lowest BCUT2D eigenvalue weighted by atomic mass is 10.2. The Morgan fingerprint density at radius 1 is 1.32 bits per heavy atom. The zero-order valence-corrected chi connectivity index (χ0v) is 13.2. The number of cyclic esters (lactones) is 1. The van der Waals surface area contributed by atoms with Crippen LogP contribution in [0.1, 0.15) is 19.4 Å². The molecule has 0 atom stereocenters. The van der Waals surface area contributed by atoms with Gasteiger partial charge in [-0.15, -0.1) is 0 Å². The van der Waals surface area contributed by atoms with Crippen LogP contribution in [0.15, 0.2) is 35.5 Å². The number of benzene rings is 1. The van der Waals surface area contributed by atoms with Crippen LogP contribution in [0.5, 0.6) is 0 Å². The molecule has 0 radical (unpaired) electrons. The molecule has 8 heteroatoms. The van der Waals surface area contributed by atoms with Crippen LogP contribution in [0.4, 0.5) is 0 Å². The summed E-state index contributed by atoms with van der Waals surface area (Å²) in [4.78, 5) is 13.4. The lowest BCUT2D eigenvalue weighted by Crippen LogP contribution is -2.45. The highest BCUT2D eigenvalue weighted by atomic mass is 32.2. The van der Waals surface area contributed by atoms with Crippen LogP contribution in [-0.2, 0) is 30.5 Å². The van der Waals surface area contributed by atoms with Gasteiger partial charge in [0.05, 0.1) is 11.8 Å². The van der Waals surface area contributed by atoms with Gasteiger partial charge >= 0.3 is 16.1 Å². The van der Waals surface area contributed by atoms with Crippen molar-refractivity contribution in [2.75, 3.05) is 13.2 Å². The Kier molecular flexibility index (Phi) is 5.02. The van der Waals surface area contributed by atoms with Crippen LogP contribution in [0, 0.1) is 0 Å². The van der Waals surface area contributed by atoms with Crippen LogP contribution < -0.4 is 0 Å². The van der Waals surface area contributed by atoms with E-state index in [1.807, 2.05) is 30.3 Å². The number of rotatable bonds is 5. The molecule has 0 bridgehead atoms. The highest BCUT2D eigenvalue weighted by Gasteiger charge is 2.28. The minimum Gasteiger partial charge on any atom is -0.458 e. The standard InChI is InChI=1S/C14H18N2O5S/c1-11(2)22(18,19)21-15-13-14(17)20-9-8-16(13)10-12-6-4-3-5-7-12/h3-7,11H,8-10H2,1-2H3/b15-13-. The quantitative estimate of drug-likeness (QED) is 0.595. The Hall–Kier alpha value is -2.09. The molecule has 0 N–H and O–H groups in total. The molecule has 1 fully saturated rings. The Labute approximate surface area is 129 Å². The van der Waals surface area contributed by atoms with Crippen molar-refractivity contribution < 1.29 is 22.2 Å². The van der Waals surface area contributed by atoms with E-state index in [2.05, 4.69) is 9.44 Å². The van der Waals surface area contributed by atoms with Crippen molar-refractivity contribution in [3.05, 3.63) is 35.9 Å². The molecule has 1 aromatic rings. The number of hydrogen-bond donors (Lipinski definition) is 0. The van der Waals surface area contributed by atoms with Crippen molar-refractivity contribution in [3.63, 3.8) is 0 Å². The fourth-order valence-corrected chi connectivity index (χ4v) is 2.12. The summed E-state index contributed by atoms with van der Waals surface area (Å²) >= 11 is 0. The Morgan fingerprint density at radius 3 is 2.64 bits per heavy atom. The first-order valence-electron chi connectivity index (χ1n) is 6.86. The van der Waals surface area contributed by atoms with Gasteiger partial charge in [0, 0.05) is 6.54 Å². The van der Waals surface area contributed by atoms with E-state index >= 15 is 0 Å². The molecule has 1 aliphatic rings. The predicted octanol–water partition coefficient (Wildman–Crippen LogP) is 1.11. The van der Waals surface area contributed by atoms with Crippen molar-refractivity contribution in [1.29, 1.82) is 0 Å². The molecule has 2 rings (SSSR count). The van der Waals surface area contributed by atoms with E-state index in [0.717, 1.165) is 5.56 Å². The van der Waals surface area contributed by atoms with Gasteiger partial charge in [-0.05, 0) is 24.6 Å². The van der Waals surface area contributed by atoms with E-state index in [1.54, 1.807) is 4.90 Å². The van der Waals surface area contributed by atoms with Gasteiger partial charge in [-0.25, -0.2) is 4.79 Å². The summed E-state index contributed by atoms with van der Waals surface area (Å²) in [7, 11) is -3.84. The second kappa shape index (κ2) is 6.78. The van der Waals surface area contributed by atoms with Crippen LogP contribution in [0.3, 0.4) is 0 Å². The Balaban J connectivity index is 2.18. The third-order valence-corrected chi connectivity index (χ3v) is 4.53. The summed E-state index contributed by atoms with van der Waals surface area (Å²) in [6, 6.07) is 9.47. The number of morpholine rings is 1. The van der Waals surface area contributed by atoms with Crippen LogP contribution in [0.25, 0.3) is 0 Å². The Bertz CT molecular complexity index is 655. The summed E-state index contributed by atoms with van der Waals surface area (Å²) in [6.07, 6.45) is 0. The normalized spacial score (nSPS) is 17.7. The molecule has 1 aliphatic heterocycles. The highest BCUT2D eigenvalue weighted by molar-refractivity contribution is 7.87. The monoisotopic (exact) mass is 326 g/mol. The molecular formula is C14H18N2O5S. The van der Waals surface area contributed by atoms with Crippen LogP contribution in [0.2, 0.25) is 0 Å². The van der Waals surface area contributed by atoms with Gasteiger partial charge in [-0.1, -0.05) is 30.3 Å². The first kappa shape index (κ1) is 16.3. The van der Waals surface area contributed by atoms with Crippen molar-refractivity contribution in [2.24, 2.45) is 5.16 Å². The second-order valence-electron chi connectivity index (χ2n) is 5.07. The van der Waals surface area contributed by atoms with Gasteiger partial charge in [0.15, 0.2) is 0 Å². The number of esters is 1. The van der Waals surface area contributed by atoms with Gasteiger partial charge in [0.25, 0.3) is 5.84 Å². The lowest BCUT2D eigenvalue weighted by Gasteiger charge is -2.28. The van der Waals surface area contributed by atoms with Gasteiger partial charge in [0.2, 0.25) is 0 Å². The fourth-order valence-electron chi connectivity index (χ4n) is 1.77. The molecule has 0 aromatic heterocycles. The SMILES string of the molecule is CC(C)S(=O)(=O)O/N=C1/C(=O)OCCN1Cc1ccccc1. The zero-order chi connectivity index (χ0) is 16.2. The number of carbonyl (C=O) groups is 1. The van der Waals surface area contributed by atoms with Crippen LogP contribution >= 0.6 is 0 Å². The van der Waals surface area contributed by atoms with Crippen molar-refractivity contribution >= 4 is 21.9 Å². The maximum atomic E-state index is 11.8. The van der Waals surface area contributed by atoms with Crippen molar-refractivity contribution in [2.45, 2.75) is 25.6 Å². The average Bonchev–Trinajstić information content (AvgIpc) is 2.47. The molecule has 1 heterocycles. The van der Waals surface area contributed by atoms with Crippen molar-refractivity contribution in [3.8, 4) is 0 Å². The summed E-state index contributed by atoms with van der Waals surface area (Å²) in [6.45, 7) is 4.00. The number of amidine groups is 1. The molecule has 0 amide bonds. The first-order valence-corrected chi connectivity index (χ1v) is 8.34. The molecule has 0 aliphatic carbocycles. The topological polar surface area (TPSA) is 85.3 Å². The predicted molar refractivity (Wildman–Crippen MR) is 80.4 cm³/mol. The van der Waals surface area contributed by atoms with E-state index < -0.39 is 21.3 Å². The lowest BCUT2D eigenvalue weighted by molar-refractivity contribution is -0.139. The molecule has 0 saturated carbocycles. The van der Waals surface area contributed by atoms with Gasteiger partial charge in [-0.2, -0.15) is 8.42 Å². The molecule has 22 heavy (non-hydrogen) atoms. The zero-order valence-electron chi connectivity index (χ0n) is 12.4. The number of carbonyl (C=O) groups excluding carboxylic acids is 1. The third kappa shape index (κ3) is 3.97. The number of oxime groups is 1. The summed E-state index contributed by atoms with van der Waals surface area (Å²) in [5.74, 6) is -0.833. The smallest absolute Gasteiger partial charge is 0.377 e. The fraction of sp³-hybridized carbons (Fsp3) is 0.429. The molecule has 7 nitrogen and oxygen atoms in total. The van der Waals surface area contributed by atoms with Crippen molar-refractivity contribution in [1.82, 2.24) is 4.90 Å². The minimum absolute atomic E-state index is 0.140. The number of ether oxygens (including phenoxy) is 1. The summed E-state index contributed by atoms with van der Waals surface area (Å²) in [5, 5.41) is 2.76. The average molecular weight is 326 g/mol. The molecule has 0 spiro atoms. The highest BCUT2D eigenvalue weighted by Crippen LogP contribution is 2.11. The number of hydrogen-bond acceptors (Lipinski definition) is 6. The van der Waals surface area contributed by atoms with E-state index in [1.165, 1.54) is 13.8 Å². The van der Waals surface area contributed by atoms with E-state index in [-0.39, 0.29) is 12.4 Å². The van der Waals surface area contributed by atoms with Gasteiger partial charge in [-0.3, -0.25) is 4.28 Å². The molecule has 1 aromatic carbocycles. The molecule has 0 unspecified atom stereocenters. The third-order valence-electron chi connectivity index (χ3n) is 3.10. The molecule has 120 valence electrons. The molecule has 1 saturated heterocycles. The minimum atomic E-state index is -3.84. The maximum absolute atomic E-state index is 11.8. The largest absolute Gasteiger partial charge is 0.458 e. The summed E-state index contributed by atoms with van der Waals surface area (Å²) < 4.78 is 32.8. The second-order valence-corrected chi connectivity index (χ2v) is 7.15. The Morgan fingerprint density at radius 2 is 2.00 bits per heavy atom.